The van der Waals surface area contributed by atoms with E-state index in [0.29, 0.717) is 13.1 Å². The molecule has 21 heavy (non-hydrogen) atoms. The molecule has 2 heterocycles. The summed E-state index contributed by atoms with van der Waals surface area (Å²) in [5, 5.41) is 11.1. The number of nitrogens with zero attached hydrogens (tertiary/aromatic N) is 3. The van der Waals surface area contributed by atoms with E-state index in [1.165, 1.54) is 4.57 Å². The number of carbonyl (C=O) groups is 1. The number of aryl methyl sites for hydroxylation is 1. The first-order valence-corrected chi connectivity index (χ1v) is 8.22. The molecule has 7 heteroatoms. The van der Waals surface area contributed by atoms with Gasteiger partial charge in [-0.15, -0.1) is 0 Å². The summed E-state index contributed by atoms with van der Waals surface area (Å²) in [4.78, 5) is 27.9. The average molecular weight is 313 g/mol. The summed E-state index contributed by atoms with van der Waals surface area (Å²) < 4.78 is 1.53. The van der Waals surface area contributed by atoms with Gasteiger partial charge in [-0.25, -0.2) is 0 Å². The summed E-state index contributed by atoms with van der Waals surface area (Å²) in [5.74, 6) is -0.00435. The maximum absolute atomic E-state index is 12.3. The van der Waals surface area contributed by atoms with Crippen molar-refractivity contribution < 1.29 is 9.90 Å². The van der Waals surface area contributed by atoms with Gasteiger partial charge in [-0.05, 0) is 13.3 Å². The van der Waals surface area contributed by atoms with Gasteiger partial charge in [0.15, 0.2) is 0 Å². The number of aromatic nitrogens is 1. The Balaban J connectivity index is 1.90. The fourth-order valence-corrected chi connectivity index (χ4v) is 3.41. The third-order valence-corrected chi connectivity index (χ3v) is 5.02. The molecule has 1 fully saturated rings. The van der Waals surface area contributed by atoms with Gasteiger partial charge in [0.1, 0.15) is 6.54 Å². The summed E-state index contributed by atoms with van der Waals surface area (Å²) >= 11 is 1.13. The molecule has 1 aromatic heterocycles. The van der Waals surface area contributed by atoms with Crippen LogP contribution in [0.5, 0.6) is 0 Å². The number of thiazole rings is 1. The molecule has 2 rings (SSSR count). The molecule has 1 aliphatic rings. The number of piperazine rings is 1. The molecule has 0 radical (unpaired) electrons. The van der Waals surface area contributed by atoms with E-state index in [1.807, 2.05) is 11.8 Å². The van der Waals surface area contributed by atoms with Gasteiger partial charge in [-0.1, -0.05) is 18.3 Å². The van der Waals surface area contributed by atoms with Crippen LogP contribution >= 0.6 is 11.3 Å². The van der Waals surface area contributed by atoms with Crippen LogP contribution in [0.3, 0.4) is 0 Å². The molecular weight excluding hydrogens is 290 g/mol. The van der Waals surface area contributed by atoms with E-state index in [2.05, 4.69) is 11.8 Å². The first-order valence-electron chi connectivity index (χ1n) is 7.34. The Morgan fingerprint density at radius 3 is 2.52 bits per heavy atom. The van der Waals surface area contributed by atoms with Crippen LogP contribution in [-0.2, 0) is 11.3 Å². The van der Waals surface area contributed by atoms with Crippen LogP contribution in [0, 0.1) is 6.92 Å². The Hall–Kier alpha value is -1.18. The van der Waals surface area contributed by atoms with Crippen molar-refractivity contribution in [2.75, 3.05) is 32.8 Å². The van der Waals surface area contributed by atoms with E-state index in [1.54, 1.807) is 5.38 Å². The largest absolute Gasteiger partial charge is 0.395 e. The molecule has 1 unspecified atom stereocenters. The van der Waals surface area contributed by atoms with Gasteiger partial charge in [-0.3, -0.25) is 19.1 Å². The standard InChI is InChI=1S/C14H23N3O3S/c1-3-12(9-18)15-4-6-16(7-5-15)13(19)8-17-11(2)10-21-14(17)20/h10,12,18H,3-9H2,1-2H3. The smallest absolute Gasteiger partial charge is 0.307 e. The summed E-state index contributed by atoms with van der Waals surface area (Å²) in [6.07, 6.45) is 0.911. The number of hydrogen-bond acceptors (Lipinski definition) is 5. The van der Waals surface area contributed by atoms with Crippen molar-refractivity contribution in [3.8, 4) is 0 Å². The summed E-state index contributed by atoms with van der Waals surface area (Å²) in [6.45, 7) is 7.07. The van der Waals surface area contributed by atoms with Gasteiger partial charge in [-0.2, -0.15) is 0 Å². The Morgan fingerprint density at radius 2 is 2.05 bits per heavy atom. The van der Waals surface area contributed by atoms with E-state index in [0.717, 1.165) is 36.5 Å². The first kappa shape index (κ1) is 16.2. The number of hydrogen-bond donors (Lipinski definition) is 1. The highest BCUT2D eigenvalue weighted by molar-refractivity contribution is 7.07. The highest BCUT2D eigenvalue weighted by atomic mass is 32.1. The number of carbonyl (C=O) groups excluding carboxylic acids is 1. The molecule has 6 nitrogen and oxygen atoms in total. The van der Waals surface area contributed by atoms with Crippen molar-refractivity contribution in [3.63, 3.8) is 0 Å². The second-order valence-electron chi connectivity index (χ2n) is 5.39. The van der Waals surface area contributed by atoms with Gasteiger partial charge in [0.25, 0.3) is 0 Å². The van der Waals surface area contributed by atoms with Gasteiger partial charge in [0.05, 0.1) is 6.61 Å². The zero-order valence-corrected chi connectivity index (χ0v) is 13.4. The van der Waals surface area contributed by atoms with Gasteiger partial charge in [0.2, 0.25) is 5.91 Å². The van der Waals surface area contributed by atoms with Gasteiger partial charge < -0.3 is 10.0 Å². The molecule has 1 amide bonds. The van der Waals surface area contributed by atoms with Crippen molar-refractivity contribution in [2.45, 2.75) is 32.9 Å². The lowest BCUT2D eigenvalue weighted by atomic mass is 10.1. The zero-order chi connectivity index (χ0) is 15.4. The average Bonchev–Trinajstić information content (AvgIpc) is 2.81. The molecule has 1 saturated heterocycles. The van der Waals surface area contributed by atoms with Crippen LogP contribution in [0.4, 0.5) is 0 Å². The molecule has 1 N–H and O–H groups in total. The van der Waals surface area contributed by atoms with E-state index < -0.39 is 0 Å². The fraction of sp³-hybridized carbons (Fsp3) is 0.714. The lowest BCUT2D eigenvalue weighted by Crippen LogP contribution is -2.53. The quantitative estimate of drug-likeness (QED) is 0.839. The van der Waals surface area contributed by atoms with E-state index in [-0.39, 0.29) is 30.0 Å². The van der Waals surface area contributed by atoms with Gasteiger partial charge in [0, 0.05) is 43.3 Å². The van der Waals surface area contributed by atoms with Crippen LogP contribution < -0.4 is 4.87 Å². The predicted octanol–water partition coefficient (Wildman–Crippen LogP) is 0.133. The van der Waals surface area contributed by atoms with Crippen LogP contribution in [0.15, 0.2) is 10.2 Å². The monoisotopic (exact) mass is 313 g/mol. The van der Waals surface area contributed by atoms with Crippen molar-refractivity contribution in [3.05, 3.63) is 20.7 Å². The highest BCUT2D eigenvalue weighted by Gasteiger charge is 2.25. The number of aliphatic hydroxyl groups excluding tert-OH is 1. The summed E-state index contributed by atoms with van der Waals surface area (Å²) in [6, 6.07) is 0.184. The molecule has 0 aromatic carbocycles. The van der Waals surface area contributed by atoms with E-state index in [9.17, 15) is 14.7 Å². The molecule has 0 bridgehead atoms. The highest BCUT2D eigenvalue weighted by Crippen LogP contribution is 2.10. The number of rotatable bonds is 5. The second-order valence-corrected chi connectivity index (χ2v) is 6.21. The van der Waals surface area contributed by atoms with Crippen molar-refractivity contribution in [2.24, 2.45) is 0 Å². The minimum atomic E-state index is -0.0780. The molecular formula is C14H23N3O3S. The Morgan fingerprint density at radius 1 is 1.38 bits per heavy atom. The minimum absolute atomic E-state index is 0.00435. The van der Waals surface area contributed by atoms with Crippen molar-refractivity contribution in [1.82, 2.24) is 14.4 Å². The summed E-state index contributed by atoms with van der Waals surface area (Å²) in [7, 11) is 0. The maximum Gasteiger partial charge on any atom is 0.307 e. The molecule has 1 aromatic rings. The maximum atomic E-state index is 12.3. The third-order valence-electron chi connectivity index (χ3n) is 4.14. The van der Waals surface area contributed by atoms with Crippen LogP contribution in [0.25, 0.3) is 0 Å². The Labute approximate surface area is 128 Å². The zero-order valence-electron chi connectivity index (χ0n) is 12.6. The Bertz CT molecular complexity index is 528. The second kappa shape index (κ2) is 7.20. The number of amides is 1. The first-order chi connectivity index (χ1) is 10.1. The predicted molar refractivity (Wildman–Crippen MR) is 82.6 cm³/mol. The van der Waals surface area contributed by atoms with Crippen LogP contribution in [0.2, 0.25) is 0 Å². The number of aliphatic hydroxyl groups is 1. The third kappa shape index (κ3) is 3.72. The fourth-order valence-electron chi connectivity index (χ4n) is 2.67. The summed E-state index contributed by atoms with van der Waals surface area (Å²) in [5.41, 5.74) is 0.836. The molecule has 1 aliphatic heterocycles. The molecule has 0 aliphatic carbocycles. The van der Waals surface area contributed by atoms with Crippen LogP contribution in [-0.4, -0.2) is 64.2 Å². The van der Waals surface area contributed by atoms with Crippen molar-refractivity contribution >= 4 is 17.2 Å². The van der Waals surface area contributed by atoms with Crippen LogP contribution in [0.1, 0.15) is 19.0 Å². The van der Waals surface area contributed by atoms with Gasteiger partial charge >= 0.3 is 4.87 Å². The molecule has 1 atom stereocenters. The lowest BCUT2D eigenvalue weighted by Gasteiger charge is -2.38. The molecule has 0 spiro atoms. The van der Waals surface area contributed by atoms with E-state index in [4.69, 9.17) is 0 Å². The molecule has 0 saturated carbocycles. The Kier molecular flexibility index (Phi) is 5.55. The topological polar surface area (TPSA) is 65.8 Å². The molecule has 118 valence electrons. The lowest BCUT2D eigenvalue weighted by molar-refractivity contribution is -0.134. The SMILES string of the molecule is CCC(CO)N1CCN(C(=O)Cn2c(C)csc2=O)CC1. The normalized spacial score (nSPS) is 18.0. The van der Waals surface area contributed by atoms with E-state index >= 15 is 0 Å². The van der Waals surface area contributed by atoms with Crippen molar-refractivity contribution in [1.29, 1.82) is 0 Å². The minimum Gasteiger partial charge on any atom is -0.395 e.